The maximum atomic E-state index is 12.1. The zero-order chi connectivity index (χ0) is 18.0. The summed E-state index contributed by atoms with van der Waals surface area (Å²) < 4.78 is 25.7. The molecule has 1 aromatic heterocycles. The maximum Gasteiger partial charge on any atom is 0.215 e. The molecule has 136 valence electrons. The normalized spacial score (nSPS) is 12.5. The van der Waals surface area contributed by atoms with Crippen LogP contribution >= 0.6 is 11.6 Å². The number of pyridine rings is 1. The fourth-order valence-corrected chi connectivity index (χ4v) is 3.66. The van der Waals surface area contributed by atoms with Crippen molar-refractivity contribution < 1.29 is 8.42 Å². The number of aliphatic imine (C=N–C) groups is 1. The number of nitrogens with zero attached hydrogens (tertiary/aromatic N) is 3. The highest BCUT2D eigenvalue weighted by Crippen LogP contribution is 2.05. The quantitative estimate of drug-likeness (QED) is 0.383. The molecule has 0 spiro atoms. The van der Waals surface area contributed by atoms with Crippen LogP contribution in [0.25, 0.3) is 0 Å². The van der Waals surface area contributed by atoms with Crippen molar-refractivity contribution in [3.05, 3.63) is 29.0 Å². The van der Waals surface area contributed by atoms with Gasteiger partial charge in [0.1, 0.15) is 5.15 Å². The van der Waals surface area contributed by atoms with Gasteiger partial charge < -0.3 is 10.6 Å². The lowest BCUT2D eigenvalue weighted by molar-refractivity contribution is 0.445. The molecule has 2 N–H and O–H groups in total. The van der Waals surface area contributed by atoms with E-state index in [2.05, 4.69) is 20.6 Å². The van der Waals surface area contributed by atoms with Crippen molar-refractivity contribution in [1.29, 1.82) is 0 Å². The van der Waals surface area contributed by atoms with Crippen molar-refractivity contribution >= 4 is 27.6 Å². The summed E-state index contributed by atoms with van der Waals surface area (Å²) in [5.41, 5.74) is 1.06. The summed E-state index contributed by atoms with van der Waals surface area (Å²) in [5, 5.41) is 6.64. The number of hydrogen-bond donors (Lipinski definition) is 2. The van der Waals surface area contributed by atoms with Crippen LogP contribution in [0.15, 0.2) is 23.3 Å². The molecule has 1 aromatic rings. The van der Waals surface area contributed by atoms with Gasteiger partial charge in [0, 0.05) is 39.4 Å². The molecular formula is C15H26ClN5O2S. The second-order valence-electron chi connectivity index (χ2n) is 5.07. The lowest BCUT2D eigenvalue weighted by atomic mass is 10.2. The topological polar surface area (TPSA) is 86.7 Å². The van der Waals surface area contributed by atoms with Gasteiger partial charge in [0.2, 0.25) is 10.0 Å². The number of nitrogens with one attached hydrogen (secondary N) is 2. The summed E-state index contributed by atoms with van der Waals surface area (Å²) in [5.74, 6) is 0.614. The van der Waals surface area contributed by atoms with E-state index in [1.165, 1.54) is 4.31 Å². The highest BCUT2D eigenvalue weighted by Gasteiger charge is 2.18. The minimum absolute atomic E-state index is 0.0382. The van der Waals surface area contributed by atoms with Gasteiger partial charge >= 0.3 is 0 Å². The third-order valence-corrected chi connectivity index (χ3v) is 5.72. The number of aromatic nitrogens is 1. The van der Waals surface area contributed by atoms with E-state index in [1.807, 2.05) is 19.9 Å². The molecule has 0 aliphatic heterocycles. The predicted molar refractivity (Wildman–Crippen MR) is 99.0 cm³/mol. The zero-order valence-corrected chi connectivity index (χ0v) is 16.0. The van der Waals surface area contributed by atoms with E-state index in [1.54, 1.807) is 19.3 Å². The van der Waals surface area contributed by atoms with Gasteiger partial charge in [-0.15, -0.1) is 0 Å². The van der Waals surface area contributed by atoms with Crippen LogP contribution in [0.2, 0.25) is 5.15 Å². The summed E-state index contributed by atoms with van der Waals surface area (Å²) in [6, 6.07) is 3.67. The van der Waals surface area contributed by atoms with E-state index in [0.717, 1.165) is 12.0 Å². The first kappa shape index (κ1) is 20.7. The van der Waals surface area contributed by atoms with Crippen LogP contribution in [0.1, 0.15) is 19.4 Å². The Morgan fingerprint density at radius 1 is 1.25 bits per heavy atom. The smallest absolute Gasteiger partial charge is 0.215 e. The van der Waals surface area contributed by atoms with E-state index in [-0.39, 0.29) is 5.75 Å². The Morgan fingerprint density at radius 3 is 2.46 bits per heavy atom. The van der Waals surface area contributed by atoms with Gasteiger partial charge in [-0.25, -0.2) is 17.7 Å². The van der Waals surface area contributed by atoms with Gasteiger partial charge in [-0.3, -0.25) is 4.99 Å². The molecule has 7 nitrogen and oxygen atoms in total. The van der Waals surface area contributed by atoms with Gasteiger partial charge in [-0.1, -0.05) is 31.5 Å². The largest absolute Gasteiger partial charge is 0.356 e. The summed E-state index contributed by atoms with van der Waals surface area (Å²) >= 11 is 5.75. The van der Waals surface area contributed by atoms with Gasteiger partial charge in [0.25, 0.3) is 0 Å². The van der Waals surface area contributed by atoms with Crippen LogP contribution in [-0.4, -0.2) is 62.6 Å². The fourth-order valence-electron chi connectivity index (χ4n) is 2.14. The molecule has 1 heterocycles. The Balaban J connectivity index is 2.36. The molecular weight excluding hydrogens is 350 g/mol. The van der Waals surface area contributed by atoms with Crippen LogP contribution < -0.4 is 10.6 Å². The Morgan fingerprint density at radius 2 is 1.92 bits per heavy atom. The highest BCUT2D eigenvalue weighted by atomic mass is 35.5. The van der Waals surface area contributed by atoms with E-state index in [9.17, 15) is 8.42 Å². The molecule has 0 aromatic carbocycles. The number of hydrogen-bond acceptors (Lipinski definition) is 4. The molecule has 24 heavy (non-hydrogen) atoms. The van der Waals surface area contributed by atoms with Crippen LogP contribution in [-0.2, 0) is 16.4 Å². The summed E-state index contributed by atoms with van der Waals surface area (Å²) in [4.78, 5) is 8.11. The molecule has 0 saturated heterocycles. The molecule has 0 unspecified atom stereocenters. The molecule has 0 fully saturated rings. The third kappa shape index (κ3) is 7.02. The maximum absolute atomic E-state index is 12.1. The SMILES string of the molecule is CCN(CC)S(=O)(=O)CCNC(=NC)NCCc1ccc(Cl)nc1. The number of halogens is 1. The van der Waals surface area contributed by atoms with E-state index < -0.39 is 10.0 Å². The Hall–Kier alpha value is -1.38. The molecule has 0 radical (unpaired) electrons. The van der Waals surface area contributed by atoms with Crippen molar-refractivity contribution in [3.8, 4) is 0 Å². The van der Waals surface area contributed by atoms with Crippen molar-refractivity contribution in [2.75, 3.05) is 39.0 Å². The van der Waals surface area contributed by atoms with Gasteiger partial charge in [-0.05, 0) is 18.1 Å². The molecule has 0 aliphatic carbocycles. The first-order valence-electron chi connectivity index (χ1n) is 7.95. The zero-order valence-electron chi connectivity index (χ0n) is 14.4. The fraction of sp³-hybridized carbons (Fsp3) is 0.600. The second-order valence-corrected chi connectivity index (χ2v) is 7.54. The second kappa shape index (κ2) is 10.5. The van der Waals surface area contributed by atoms with Crippen molar-refractivity contribution in [2.45, 2.75) is 20.3 Å². The standard InChI is InChI=1S/C15H26ClN5O2S/c1-4-21(5-2)24(22,23)11-10-19-15(17-3)18-9-8-13-6-7-14(16)20-12-13/h6-7,12H,4-5,8-11H2,1-3H3,(H2,17,18,19). The molecule has 0 amide bonds. The number of guanidine groups is 1. The van der Waals surface area contributed by atoms with Gasteiger partial charge in [0.05, 0.1) is 5.75 Å². The first-order valence-corrected chi connectivity index (χ1v) is 9.94. The minimum Gasteiger partial charge on any atom is -0.356 e. The van der Waals surface area contributed by atoms with Crippen LogP contribution in [0.3, 0.4) is 0 Å². The van der Waals surface area contributed by atoms with Gasteiger partial charge in [0.15, 0.2) is 5.96 Å². The summed E-state index contributed by atoms with van der Waals surface area (Å²) in [7, 11) is -1.58. The van der Waals surface area contributed by atoms with Crippen molar-refractivity contribution in [3.63, 3.8) is 0 Å². The molecule has 9 heteroatoms. The van der Waals surface area contributed by atoms with Crippen LogP contribution in [0.4, 0.5) is 0 Å². The average molecular weight is 376 g/mol. The Labute approximate surface area is 149 Å². The monoisotopic (exact) mass is 375 g/mol. The summed E-state index contributed by atoms with van der Waals surface area (Å²) in [6.45, 7) is 5.61. The predicted octanol–water partition coefficient (Wildman–Crippen LogP) is 1.11. The average Bonchev–Trinajstić information content (AvgIpc) is 2.56. The first-order chi connectivity index (χ1) is 11.4. The Bertz CT molecular complexity index is 615. The Kier molecular flexibility index (Phi) is 9.02. The third-order valence-electron chi connectivity index (χ3n) is 3.47. The van der Waals surface area contributed by atoms with Crippen molar-refractivity contribution in [1.82, 2.24) is 19.9 Å². The van der Waals surface area contributed by atoms with Crippen LogP contribution in [0, 0.1) is 0 Å². The number of sulfonamides is 1. The molecule has 0 bridgehead atoms. The van der Waals surface area contributed by atoms with Crippen molar-refractivity contribution in [2.24, 2.45) is 4.99 Å². The molecule has 0 saturated carbocycles. The number of rotatable bonds is 9. The highest BCUT2D eigenvalue weighted by molar-refractivity contribution is 7.89. The molecule has 1 rings (SSSR count). The summed E-state index contributed by atoms with van der Waals surface area (Å²) in [6.07, 6.45) is 2.50. The molecule has 0 atom stereocenters. The lowest BCUT2D eigenvalue weighted by Crippen LogP contribution is -2.42. The van der Waals surface area contributed by atoms with E-state index >= 15 is 0 Å². The van der Waals surface area contributed by atoms with Gasteiger partial charge in [-0.2, -0.15) is 0 Å². The van der Waals surface area contributed by atoms with E-state index in [4.69, 9.17) is 11.6 Å². The minimum atomic E-state index is -3.23. The molecule has 0 aliphatic rings. The van der Waals surface area contributed by atoms with Crippen LogP contribution in [0.5, 0.6) is 0 Å². The lowest BCUT2D eigenvalue weighted by Gasteiger charge is -2.19. The van der Waals surface area contributed by atoms with E-state index in [0.29, 0.717) is 37.3 Å².